The molecule has 2 amide bonds. The highest BCUT2D eigenvalue weighted by molar-refractivity contribution is 6.42. The van der Waals surface area contributed by atoms with Gasteiger partial charge in [0.1, 0.15) is 11.8 Å². The van der Waals surface area contributed by atoms with Crippen LogP contribution < -0.4 is 10.1 Å². The standard InChI is InChI=1S/C23H28Cl2N2O3/c1-5-20(23(29)26-6-2)27(13-17-10-11-18(24)19(25)12-17)22(28)14-30-21-9-7-8-15(3)16(21)4/h7-12,20H,5-6,13-14H2,1-4H3,(H,26,29)/t20-/m0/s1. The van der Waals surface area contributed by atoms with E-state index in [-0.39, 0.29) is 25.0 Å². The number of rotatable bonds is 9. The first-order valence-electron chi connectivity index (χ1n) is 9.98. The third-order valence-corrected chi connectivity index (χ3v) is 5.72. The third kappa shape index (κ3) is 6.13. The Morgan fingerprint density at radius 1 is 1.10 bits per heavy atom. The van der Waals surface area contributed by atoms with Gasteiger partial charge in [0.25, 0.3) is 5.91 Å². The van der Waals surface area contributed by atoms with Crippen LogP contribution in [0.25, 0.3) is 0 Å². The monoisotopic (exact) mass is 450 g/mol. The van der Waals surface area contributed by atoms with Gasteiger partial charge in [-0.25, -0.2) is 0 Å². The highest BCUT2D eigenvalue weighted by Gasteiger charge is 2.28. The molecule has 2 rings (SSSR count). The molecule has 0 heterocycles. The average Bonchev–Trinajstić information content (AvgIpc) is 2.71. The number of halogens is 2. The van der Waals surface area contributed by atoms with E-state index in [4.69, 9.17) is 27.9 Å². The number of hydrogen-bond donors (Lipinski definition) is 1. The Kier molecular flexibility index (Phi) is 9.00. The van der Waals surface area contributed by atoms with Crippen molar-refractivity contribution in [1.82, 2.24) is 10.2 Å². The molecule has 1 atom stereocenters. The quantitative estimate of drug-likeness (QED) is 0.588. The van der Waals surface area contributed by atoms with Gasteiger partial charge in [-0.3, -0.25) is 9.59 Å². The molecule has 162 valence electrons. The Bertz CT molecular complexity index is 902. The van der Waals surface area contributed by atoms with Crippen molar-refractivity contribution in [1.29, 1.82) is 0 Å². The van der Waals surface area contributed by atoms with Crippen LogP contribution in [0, 0.1) is 13.8 Å². The summed E-state index contributed by atoms with van der Waals surface area (Å²) in [6.45, 7) is 8.21. The Labute approximate surface area is 188 Å². The number of carbonyl (C=O) groups is 2. The Morgan fingerprint density at radius 2 is 1.83 bits per heavy atom. The van der Waals surface area contributed by atoms with Crippen molar-refractivity contribution in [3.63, 3.8) is 0 Å². The molecule has 30 heavy (non-hydrogen) atoms. The maximum atomic E-state index is 13.1. The lowest BCUT2D eigenvalue weighted by Crippen LogP contribution is -2.50. The van der Waals surface area contributed by atoms with E-state index >= 15 is 0 Å². The van der Waals surface area contributed by atoms with Gasteiger partial charge in [0.05, 0.1) is 10.0 Å². The van der Waals surface area contributed by atoms with Crippen LogP contribution in [-0.4, -0.2) is 35.9 Å². The van der Waals surface area contributed by atoms with Gasteiger partial charge in [-0.05, 0) is 62.1 Å². The summed E-state index contributed by atoms with van der Waals surface area (Å²) in [4.78, 5) is 27.3. The fourth-order valence-corrected chi connectivity index (χ4v) is 3.47. The number of hydrogen-bond acceptors (Lipinski definition) is 3. The second-order valence-corrected chi connectivity index (χ2v) is 7.89. The van der Waals surface area contributed by atoms with Crippen molar-refractivity contribution in [2.75, 3.05) is 13.2 Å². The Hall–Kier alpha value is -2.24. The summed E-state index contributed by atoms with van der Waals surface area (Å²) in [5.74, 6) is 0.184. The molecule has 0 saturated heterocycles. The normalized spacial score (nSPS) is 11.7. The highest BCUT2D eigenvalue weighted by atomic mass is 35.5. The molecule has 0 aliphatic rings. The Morgan fingerprint density at radius 3 is 2.47 bits per heavy atom. The molecule has 0 aliphatic heterocycles. The predicted molar refractivity (Wildman–Crippen MR) is 121 cm³/mol. The lowest BCUT2D eigenvalue weighted by atomic mass is 10.1. The van der Waals surface area contributed by atoms with Gasteiger partial charge >= 0.3 is 0 Å². The molecule has 0 aromatic heterocycles. The van der Waals surface area contributed by atoms with Crippen LogP contribution in [0.2, 0.25) is 10.0 Å². The summed E-state index contributed by atoms with van der Waals surface area (Å²) in [5, 5.41) is 3.65. The lowest BCUT2D eigenvalue weighted by molar-refractivity contribution is -0.142. The first-order valence-corrected chi connectivity index (χ1v) is 10.7. The first-order chi connectivity index (χ1) is 14.3. The van der Waals surface area contributed by atoms with Crippen molar-refractivity contribution in [3.05, 3.63) is 63.1 Å². The van der Waals surface area contributed by atoms with Crippen LogP contribution in [0.3, 0.4) is 0 Å². The predicted octanol–water partition coefficient (Wildman–Crippen LogP) is 4.93. The van der Waals surface area contributed by atoms with E-state index < -0.39 is 6.04 Å². The van der Waals surface area contributed by atoms with Crippen LogP contribution in [0.15, 0.2) is 36.4 Å². The Balaban J connectivity index is 2.26. The number of carbonyl (C=O) groups excluding carboxylic acids is 2. The number of ether oxygens (including phenoxy) is 1. The molecule has 0 radical (unpaired) electrons. The number of benzene rings is 2. The fourth-order valence-electron chi connectivity index (χ4n) is 3.15. The highest BCUT2D eigenvalue weighted by Crippen LogP contribution is 2.25. The van der Waals surface area contributed by atoms with Gasteiger partial charge in [-0.15, -0.1) is 0 Å². The van der Waals surface area contributed by atoms with Crippen LogP contribution in [0.4, 0.5) is 0 Å². The van der Waals surface area contributed by atoms with Crippen molar-refractivity contribution in [2.24, 2.45) is 0 Å². The molecule has 1 N–H and O–H groups in total. The molecular formula is C23H28Cl2N2O3. The molecule has 0 bridgehead atoms. The van der Waals surface area contributed by atoms with E-state index in [0.717, 1.165) is 16.7 Å². The molecule has 0 fully saturated rings. The molecule has 0 unspecified atom stereocenters. The maximum Gasteiger partial charge on any atom is 0.261 e. The summed E-state index contributed by atoms with van der Waals surface area (Å²) in [6, 6.07) is 10.3. The van der Waals surface area contributed by atoms with E-state index in [1.54, 1.807) is 18.2 Å². The molecule has 7 heteroatoms. The van der Waals surface area contributed by atoms with E-state index in [2.05, 4.69) is 5.32 Å². The lowest BCUT2D eigenvalue weighted by Gasteiger charge is -2.30. The molecule has 0 spiro atoms. The van der Waals surface area contributed by atoms with Gasteiger partial charge in [0.2, 0.25) is 5.91 Å². The molecular weight excluding hydrogens is 423 g/mol. The molecule has 2 aromatic rings. The molecule has 0 saturated carbocycles. The summed E-state index contributed by atoms with van der Waals surface area (Å²) >= 11 is 12.1. The van der Waals surface area contributed by atoms with Crippen molar-refractivity contribution < 1.29 is 14.3 Å². The smallest absolute Gasteiger partial charge is 0.261 e. The second-order valence-electron chi connectivity index (χ2n) is 7.08. The van der Waals surface area contributed by atoms with Gasteiger partial charge < -0.3 is 15.0 Å². The number of likely N-dealkylation sites (N-methyl/N-ethyl adjacent to an activating group) is 1. The maximum absolute atomic E-state index is 13.1. The summed E-state index contributed by atoms with van der Waals surface area (Å²) < 4.78 is 5.81. The summed E-state index contributed by atoms with van der Waals surface area (Å²) in [6.07, 6.45) is 0.475. The SMILES string of the molecule is CCNC(=O)[C@H](CC)N(Cc1ccc(Cl)c(Cl)c1)C(=O)COc1cccc(C)c1C. The zero-order valence-electron chi connectivity index (χ0n) is 17.8. The van der Waals surface area contributed by atoms with Crippen molar-refractivity contribution >= 4 is 35.0 Å². The largest absolute Gasteiger partial charge is 0.483 e. The minimum Gasteiger partial charge on any atom is -0.483 e. The van der Waals surface area contributed by atoms with Crippen molar-refractivity contribution in [3.8, 4) is 5.75 Å². The van der Waals surface area contributed by atoms with Gasteiger partial charge in [0.15, 0.2) is 6.61 Å². The van der Waals surface area contributed by atoms with E-state index in [9.17, 15) is 9.59 Å². The zero-order chi connectivity index (χ0) is 22.3. The summed E-state index contributed by atoms with van der Waals surface area (Å²) in [5.41, 5.74) is 2.85. The number of nitrogens with one attached hydrogen (secondary N) is 1. The van der Waals surface area contributed by atoms with Crippen LogP contribution in [0.5, 0.6) is 5.75 Å². The minimum atomic E-state index is -0.617. The molecule has 0 aliphatic carbocycles. The van der Waals surface area contributed by atoms with Crippen molar-refractivity contribution in [2.45, 2.75) is 46.7 Å². The van der Waals surface area contributed by atoms with E-state index in [0.29, 0.717) is 28.8 Å². The molecule has 5 nitrogen and oxygen atoms in total. The molecule has 2 aromatic carbocycles. The number of aryl methyl sites for hydroxylation is 1. The van der Waals surface area contributed by atoms with Crippen LogP contribution in [0.1, 0.15) is 37.0 Å². The zero-order valence-corrected chi connectivity index (χ0v) is 19.3. The number of nitrogens with zero attached hydrogens (tertiary/aromatic N) is 1. The summed E-state index contributed by atoms with van der Waals surface area (Å²) in [7, 11) is 0. The second kappa shape index (κ2) is 11.2. The van der Waals surface area contributed by atoms with Gasteiger partial charge in [-0.1, -0.05) is 48.3 Å². The van der Waals surface area contributed by atoms with Gasteiger partial charge in [-0.2, -0.15) is 0 Å². The van der Waals surface area contributed by atoms with E-state index in [1.807, 2.05) is 45.9 Å². The average molecular weight is 451 g/mol. The van der Waals surface area contributed by atoms with Crippen LogP contribution >= 0.6 is 23.2 Å². The first kappa shape index (κ1) is 24.0. The van der Waals surface area contributed by atoms with Crippen LogP contribution in [-0.2, 0) is 16.1 Å². The third-order valence-electron chi connectivity index (χ3n) is 4.98. The van der Waals surface area contributed by atoms with E-state index in [1.165, 1.54) is 4.90 Å². The fraction of sp³-hybridized carbons (Fsp3) is 0.391. The minimum absolute atomic E-state index is 0.165. The van der Waals surface area contributed by atoms with Gasteiger partial charge in [0, 0.05) is 13.1 Å². The number of amides is 2. The topological polar surface area (TPSA) is 58.6 Å².